The van der Waals surface area contributed by atoms with Gasteiger partial charge in [0.05, 0.1) is 48.6 Å². The molecule has 13 nitrogen and oxygen atoms in total. The number of sulfone groups is 1. The highest BCUT2D eigenvalue weighted by Crippen LogP contribution is 2.41. The number of amides is 1. The van der Waals surface area contributed by atoms with Crippen molar-refractivity contribution in [2.24, 2.45) is 5.92 Å². The maximum Gasteiger partial charge on any atom is 0.246 e. The lowest BCUT2D eigenvalue weighted by Gasteiger charge is -2.48. The number of hydrogen-bond acceptors (Lipinski definition) is 12. The second-order valence-corrected chi connectivity index (χ2v) is 15.1. The second kappa shape index (κ2) is 14.3. The van der Waals surface area contributed by atoms with Crippen molar-refractivity contribution in [3.05, 3.63) is 49.1 Å². The van der Waals surface area contributed by atoms with Gasteiger partial charge in [-0.15, -0.1) is 0 Å². The van der Waals surface area contributed by atoms with Crippen LogP contribution in [0, 0.1) is 5.92 Å². The van der Waals surface area contributed by atoms with E-state index in [1.54, 1.807) is 23.4 Å². The molecule has 2 N–H and O–H groups in total. The van der Waals surface area contributed by atoms with E-state index in [0.29, 0.717) is 56.8 Å². The number of alkyl halides is 1. The number of ether oxygens (including phenoxy) is 1. The molecule has 0 spiro atoms. The van der Waals surface area contributed by atoms with Gasteiger partial charge >= 0.3 is 0 Å². The Morgan fingerprint density at radius 1 is 1.15 bits per heavy atom. The van der Waals surface area contributed by atoms with Crippen molar-refractivity contribution in [3.8, 4) is 0 Å². The zero-order valence-corrected chi connectivity index (χ0v) is 28.5. The first kappa shape index (κ1) is 33.9. The van der Waals surface area contributed by atoms with Crippen LogP contribution in [0.2, 0.25) is 0 Å². The van der Waals surface area contributed by atoms with Gasteiger partial charge in [-0.1, -0.05) is 6.58 Å². The molecular formula is C33H44FN9O4S. The molecule has 0 aromatic carbocycles. The smallest absolute Gasteiger partial charge is 0.246 e. The molecule has 3 aromatic heterocycles. The third kappa shape index (κ3) is 7.22. The van der Waals surface area contributed by atoms with E-state index in [4.69, 9.17) is 14.7 Å². The number of likely N-dealkylation sites (tertiary alicyclic amines) is 1. The zero-order chi connectivity index (χ0) is 34.0. The van der Waals surface area contributed by atoms with Crippen molar-refractivity contribution in [2.45, 2.75) is 50.5 Å². The minimum Gasteiger partial charge on any atom is -0.374 e. The molecule has 1 amide bonds. The molecule has 3 aliphatic rings. The van der Waals surface area contributed by atoms with Crippen LogP contribution in [0.1, 0.15) is 37.9 Å². The molecule has 0 bridgehead atoms. The van der Waals surface area contributed by atoms with Gasteiger partial charge < -0.3 is 30.1 Å². The fourth-order valence-electron chi connectivity index (χ4n) is 6.99. The van der Waals surface area contributed by atoms with E-state index in [0.717, 1.165) is 35.0 Å². The Kier molecular flexibility index (Phi) is 10.1. The van der Waals surface area contributed by atoms with E-state index < -0.39 is 22.1 Å². The minimum atomic E-state index is -3.10. The number of halogens is 1. The summed E-state index contributed by atoms with van der Waals surface area (Å²) in [4.78, 5) is 37.3. The number of likely N-dealkylation sites (N-methyl/N-ethyl adjacent to an activating group) is 1. The fraction of sp³-hybridized carbons (Fsp3) is 0.545. The summed E-state index contributed by atoms with van der Waals surface area (Å²) in [5.41, 5.74) is 1.64. The maximum absolute atomic E-state index is 15.0. The molecule has 0 aliphatic carbocycles. The van der Waals surface area contributed by atoms with Crippen LogP contribution in [0.4, 0.5) is 27.7 Å². The Balaban J connectivity index is 1.27. The van der Waals surface area contributed by atoms with Crippen molar-refractivity contribution in [1.82, 2.24) is 30.2 Å². The van der Waals surface area contributed by atoms with E-state index in [-0.39, 0.29) is 36.2 Å². The van der Waals surface area contributed by atoms with Gasteiger partial charge in [0.25, 0.3) is 0 Å². The Morgan fingerprint density at radius 3 is 2.71 bits per heavy atom. The van der Waals surface area contributed by atoms with Crippen molar-refractivity contribution < 1.29 is 22.3 Å². The van der Waals surface area contributed by atoms with E-state index in [1.165, 1.54) is 12.3 Å². The van der Waals surface area contributed by atoms with Crippen LogP contribution in [0.25, 0.3) is 10.8 Å². The average Bonchev–Trinajstić information content (AvgIpc) is 3.56. The molecule has 1 unspecified atom stereocenters. The van der Waals surface area contributed by atoms with Crippen LogP contribution >= 0.6 is 0 Å². The highest BCUT2D eigenvalue weighted by atomic mass is 32.2. The number of nitrogens with zero attached hydrogens (tertiary/aromatic N) is 7. The van der Waals surface area contributed by atoms with Crippen molar-refractivity contribution in [2.75, 3.05) is 73.5 Å². The third-order valence-electron chi connectivity index (χ3n) is 9.59. The predicted octanol–water partition coefficient (Wildman–Crippen LogP) is 3.04. The number of hydrogen-bond donors (Lipinski definition) is 2. The van der Waals surface area contributed by atoms with E-state index >= 15 is 0 Å². The molecule has 0 saturated carbocycles. The molecule has 0 radical (unpaired) electrons. The highest BCUT2D eigenvalue weighted by molar-refractivity contribution is 7.90. The quantitative estimate of drug-likeness (QED) is 0.214. The Labute approximate surface area is 280 Å². The summed E-state index contributed by atoms with van der Waals surface area (Å²) >= 11 is 0. The molecule has 3 aliphatic heterocycles. The van der Waals surface area contributed by atoms with Crippen LogP contribution in [0.15, 0.2) is 43.4 Å². The number of nitrogens with one attached hydrogen (secondary N) is 2. The summed E-state index contributed by atoms with van der Waals surface area (Å²) in [6.45, 7) is 8.77. The maximum atomic E-state index is 15.0. The van der Waals surface area contributed by atoms with Crippen LogP contribution in [0.3, 0.4) is 0 Å². The van der Waals surface area contributed by atoms with Gasteiger partial charge in [0.1, 0.15) is 27.6 Å². The predicted molar refractivity (Wildman–Crippen MR) is 184 cm³/mol. The number of pyridine rings is 2. The van der Waals surface area contributed by atoms with Gasteiger partial charge in [-0.05, 0) is 51.4 Å². The Hall–Kier alpha value is -3.95. The average molecular weight is 682 g/mol. The molecule has 3 aromatic rings. The number of carbonyl (C=O) groups excluding carboxylic acids is 1. The molecule has 3 fully saturated rings. The zero-order valence-electron chi connectivity index (χ0n) is 27.7. The van der Waals surface area contributed by atoms with Gasteiger partial charge in [0.2, 0.25) is 11.9 Å². The number of carbonyl (C=O) groups is 1. The lowest BCUT2D eigenvalue weighted by molar-refractivity contribution is -0.126. The monoisotopic (exact) mass is 681 g/mol. The van der Waals surface area contributed by atoms with Crippen LogP contribution in [-0.4, -0.2) is 116 Å². The summed E-state index contributed by atoms with van der Waals surface area (Å²) in [7, 11) is -1.27. The first-order chi connectivity index (χ1) is 23.1. The first-order valence-electron chi connectivity index (χ1n) is 16.5. The lowest BCUT2D eigenvalue weighted by atomic mass is 9.90. The Morgan fingerprint density at radius 2 is 1.98 bits per heavy atom. The second-order valence-electron chi connectivity index (χ2n) is 12.9. The van der Waals surface area contributed by atoms with Crippen LogP contribution in [0.5, 0.6) is 0 Å². The van der Waals surface area contributed by atoms with E-state index in [1.807, 2.05) is 31.1 Å². The minimum absolute atomic E-state index is 0.00651. The standard InChI is InChI=1S/C33H44FN9O4S/c1-5-31(44)42-12-6-7-26(42)32-23-15-30(37-16-24(23)27(17-38-32)43-18-22(21(43)2)20-48(4,45)46)39-29-8-10-36-33(40-29)41-13-9-28(25(34)19-41)47-14-11-35-3/h5,8,10,15-17,21-22,25-26,28,35H,1,6-7,9,11-14,18-20H2,2-4H3,(H,36,37,39,40)/t21-,22-,25+,26?,28-/m1/s1. The molecule has 258 valence electrons. The summed E-state index contributed by atoms with van der Waals surface area (Å²) in [6.07, 6.45) is 8.40. The van der Waals surface area contributed by atoms with Gasteiger partial charge in [0.15, 0.2) is 0 Å². The largest absolute Gasteiger partial charge is 0.374 e. The van der Waals surface area contributed by atoms with Crippen molar-refractivity contribution >= 4 is 49.8 Å². The van der Waals surface area contributed by atoms with Crippen LogP contribution in [-0.2, 0) is 19.4 Å². The Bertz CT molecular complexity index is 1760. The molecule has 6 rings (SSSR count). The number of rotatable bonds is 12. The summed E-state index contributed by atoms with van der Waals surface area (Å²) in [5.74, 6) is 1.47. The SMILES string of the molecule is C=CC(=O)N1CCCC1c1ncc(N2C[C@H](CS(C)(=O)=O)[C@H]2C)c2cnc(Nc3ccnc(N4CC[C@@H](OCCNC)[C@@H](F)C4)n3)cc12. The normalized spacial score (nSPS) is 24.5. The van der Waals surface area contributed by atoms with Gasteiger partial charge in [-0.3, -0.25) is 9.78 Å². The topological polar surface area (TPSA) is 146 Å². The molecule has 15 heteroatoms. The van der Waals surface area contributed by atoms with Gasteiger partial charge in [-0.2, -0.15) is 4.98 Å². The number of anilines is 4. The summed E-state index contributed by atoms with van der Waals surface area (Å²) in [5, 5.41) is 8.01. The number of aromatic nitrogens is 4. The first-order valence-corrected chi connectivity index (χ1v) is 18.5. The highest BCUT2D eigenvalue weighted by Gasteiger charge is 2.39. The van der Waals surface area contributed by atoms with E-state index in [2.05, 4.69) is 32.1 Å². The van der Waals surface area contributed by atoms with Crippen molar-refractivity contribution in [1.29, 1.82) is 0 Å². The molecule has 6 heterocycles. The molecule has 3 saturated heterocycles. The van der Waals surface area contributed by atoms with Crippen LogP contribution < -0.4 is 20.4 Å². The number of piperidine rings is 1. The van der Waals surface area contributed by atoms with Gasteiger partial charge in [-0.25, -0.2) is 22.8 Å². The summed E-state index contributed by atoms with van der Waals surface area (Å²) in [6, 6.07) is 3.43. The molecular weight excluding hydrogens is 637 g/mol. The van der Waals surface area contributed by atoms with Crippen molar-refractivity contribution in [3.63, 3.8) is 0 Å². The number of fused-ring (bicyclic) bond motifs is 1. The lowest BCUT2D eigenvalue weighted by Crippen LogP contribution is -2.57. The fourth-order valence-corrected chi connectivity index (χ4v) is 8.15. The third-order valence-corrected chi connectivity index (χ3v) is 10.6. The van der Waals surface area contributed by atoms with E-state index in [9.17, 15) is 17.6 Å². The molecule has 5 atom stereocenters. The molecule has 48 heavy (non-hydrogen) atoms. The summed E-state index contributed by atoms with van der Waals surface area (Å²) < 4.78 is 44.7. The van der Waals surface area contributed by atoms with Gasteiger partial charge in [0, 0.05) is 67.6 Å².